The molecule has 1 aliphatic heterocycles. The third-order valence-corrected chi connectivity index (χ3v) is 3.89. The molecule has 0 bridgehead atoms. The van der Waals surface area contributed by atoms with Gasteiger partial charge in [0, 0.05) is 17.0 Å². The van der Waals surface area contributed by atoms with E-state index in [4.69, 9.17) is 0 Å². The lowest BCUT2D eigenvalue weighted by Gasteiger charge is -2.20. The number of hydrogen-bond acceptors (Lipinski definition) is 1. The highest BCUT2D eigenvalue weighted by atomic mass is 127. The van der Waals surface area contributed by atoms with Crippen LogP contribution in [0.4, 0.5) is 0 Å². The molecule has 1 saturated heterocycles. The summed E-state index contributed by atoms with van der Waals surface area (Å²) in [6.45, 7) is 5.35. The van der Waals surface area contributed by atoms with E-state index in [1.807, 2.05) is 4.90 Å². The fourth-order valence-corrected chi connectivity index (χ4v) is 2.47. The number of rotatable bonds is 1. The molecule has 1 heterocycles. The minimum atomic E-state index is 0.0931. The Morgan fingerprint density at radius 3 is 2.79 bits per heavy atom. The lowest BCUT2D eigenvalue weighted by Crippen LogP contribution is -2.31. The van der Waals surface area contributed by atoms with Gasteiger partial charge in [0.2, 0.25) is 5.91 Å². The Morgan fingerprint density at radius 2 is 2.07 bits per heavy atom. The second-order valence-corrected chi connectivity index (χ2v) is 5.53. The Bertz CT molecular complexity index is 205. The molecule has 1 fully saturated rings. The maximum absolute atomic E-state index is 11.5. The van der Waals surface area contributed by atoms with E-state index in [1.165, 1.54) is 25.3 Å². The van der Waals surface area contributed by atoms with Crippen molar-refractivity contribution in [2.45, 2.75) is 36.0 Å². The van der Waals surface area contributed by atoms with Crippen LogP contribution in [0.1, 0.15) is 32.1 Å². The first kappa shape index (κ1) is 12.0. The number of halogens is 1. The minimum absolute atomic E-state index is 0.0931. The smallest absolute Gasteiger partial charge is 0.245 e. The molecule has 3 heteroatoms. The van der Waals surface area contributed by atoms with Crippen molar-refractivity contribution in [2.75, 3.05) is 13.1 Å². The molecule has 80 valence electrons. The van der Waals surface area contributed by atoms with E-state index < -0.39 is 0 Å². The van der Waals surface area contributed by atoms with Gasteiger partial charge in [0.05, 0.1) is 0 Å². The lowest BCUT2D eigenvalue weighted by atomic mass is 10.1. The van der Waals surface area contributed by atoms with Crippen molar-refractivity contribution >= 4 is 28.5 Å². The average molecular weight is 307 g/mol. The van der Waals surface area contributed by atoms with Gasteiger partial charge in [0.1, 0.15) is 0 Å². The number of alkyl halides is 1. The molecule has 1 atom stereocenters. The van der Waals surface area contributed by atoms with E-state index in [9.17, 15) is 4.79 Å². The van der Waals surface area contributed by atoms with Crippen molar-refractivity contribution in [2.24, 2.45) is 0 Å². The molecule has 1 aliphatic rings. The summed E-state index contributed by atoms with van der Waals surface area (Å²) in [5, 5.41) is 0. The van der Waals surface area contributed by atoms with Crippen molar-refractivity contribution < 1.29 is 4.79 Å². The highest BCUT2D eigenvalue weighted by molar-refractivity contribution is 14.1. The number of carbonyl (C=O) groups excluding carboxylic acids is 1. The van der Waals surface area contributed by atoms with E-state index in [1.54, 1.807) is 0 Å². The second kappa shape index (κ2) is 6.43. The first-order valence-electron chi connectivity index (χ1n) is 5.29. The molecule has 0 aromatic carbocycles. The van der Waals surface area contributed by atoms with Crippen LogP contribution in [0.15, 0.2) is 12.7 Å². The molecule has 1 amide bonds. The van der Waals surface area contributed by atoms with Crippen molar-refractivity contribution in [3.63, 3.8) is 0 Å². The Balaban J connectivity index is 2.48. The minimum Gasteiger partial charge on any atom is -0.339 e. The van der Waals surface area contributed by atoms with E-state index >= 15 is 0 Å². The van der Waals surface area contributed by atoms with E-state index in [2.05, 4.69) is 29.2 Å². The normalized spacial score (nSPS) is 24.6. The number of amides is 1. The monoisotopic (exact) mass is 307 g/mol. The van der Waals surface area contributed by atoms with Crippen LogP contribution in [0.5, 0.6) is 0 Å². The van der Waals surface area contributed by atoms with Crippen LogP contribution < -0.4 is 0 Å². The zero-order valence-electron chi connectivity index (χ0n) is 8.54. The molecule has 1 rings (SSSR count). The van der Waals surface area contributed by atoms with Crippen LogP contribution >= 0.6 is 22.6 Å². The van der Waals surface area contributed by atoms with Crippen molar-refractivity contribution in [3.8, 4) is 0 Å². The van der Waals surface area contributed by atoms with Gasteiger partial charge in [-0.3, -0.25) is 4.79 Å². The largest absolute Gasteiger partial charge is 0.339 e. The fraction of sp³-hybridized carbons (Fsp3) is 0.727. The molecule has 0 aliphatic carbocycles. The number of carbonyl (C=O) groups is 1. The van der Waals surface area contributed by atoms with E-state index in [0.717, 1.165) is 29.9 Å². The van der Waals surface area contributed by atoms with Crippen LogP contribution in [0.2, 0.25) is 0 Å². The Labute approximate surface area is 99.9 Å². The van der Waals surface area contributed by atoms with Gasteiger partial charge in [0.15, 0.2) is 0 Å². The molecule has 0 radical (unpaired) electrons. The first-order valence-corrected chi connectivity index (χ1v) is 6.54. The van der Waals surface area contributed by atoms with Gasteiger partial charge in [0.25, 0.3) is 0 Å². The maximum Gasteiger partial charge on any atom is 0.245 e. The summed E-state index contributed by atoms with van der Waals surface area (Å²) in [5.41, 5.74) is 0. The van der Waals surface area contributed by atoms with E-state index in [-0.39, 0.29) is 5.91 Å². The Hall–Kier alpha value is -0.0600. The van der Waals surface area contributed by atoms with Crippen LogP contribution in [0, 0.1) is 0 Å². The predicted molar refractivity (Wildman–Crippen MR) is 67.7 cm³/mol. The highest BCUT2D eigenvalue weighted by Gasteiger charge is 2.14. The third kappa shape index (κ3) is 3.98. The Kier molecular flexibility index (Phi) is 5.52. The first-order chi connectivity index (χ1) is 6.74. The molecule has 2 nitrogen and oxygen atoms in total. The molecule has 0 aromatic rings. The molecule has 14 heavy (non-hydrogen) atoms. The second-order valence-electron chi connectivity index (χ2n) is 3.76. The van der Waals surface area contributed by atoms with Crippen LogP contribution in [0.25, 0.3) is 0 Å². The van der Waals surface area contributed by atoms with Gasteiger partial charge in [-0.05, 0) is 25.3 Å². The van der Waals surface area contributed by atoms with Crippen molar-refractivity contribution in [1.82, 2.24) is 4.90 Å². The standard InChI is InChI=1S/C11H18INO/c1-2-11(14)13-8-5-3-4-6-10(12)7-9-13/h2,10H,1,3-9H2. The summed E-state index contributed by atoms with van der Waals surface area (Å²) in [5.74, 6) is 0.0931. The summed E-state index contributed by atoms with van der Waals surface area (Å²) >= 11 is 2.50. The molecule has 0 spiro atoms. The summed E-state index contributed by atoms with van der Waals surface area (Å²) in [6.07, 6.45) is 7.56. The average Bonchev–Trinajstić information content (AvgIpc) is 2.29. The van der Waals surface area contributed by atoms with Crippen LogP contribution in [0.3, 0.4) is 0 Å². The zero-order valence-corrected chi connectivity index (χ0v) is 10.7. The number of hydrogen-bond donors (Lipinski definition) is 0. The lowest BCUT2D eigenvalue weighted by molar-refractivity contribution is -0.126. The predicted octanol–water partition coefficient (Wildman–Crippen LogP) is 2.77. The topological polar surface area (TPSA) is 20.3 Å². The van der Waals surface area contributed by atoms with Crippen molar-refractivity contribution in [3.05, 3.63) is 12.7 Å². The van der Waals surface area contributed by atoms with Gasteiger partial charge in [-0.2, -0.15) is 0 Å². The molecular weight excluding hydrogens is 289 g/mol. The molecule has 1 unspecified atom stereocenters. The van der Waals surface area contributed by atoms with Crippen LogP contribution in [-0.2, 0) is 4.79 Å². The molecule has 0 saturated carbocycles. The fourth-order valence-electron chi connectivity index (χ4n) is 1.75. The molecule has 0 aromatic heterocycles. The molecule has 0 N–H and O–H groups in total. The van der Waals surface area contributed by atoms with Gasteiger partial charge in [-0.1, -0.05) is 42.0 Å². The maximum atomic E-state index is 11.5. The quantitative estimate of drug-likeness (QED) is 0.414. The third-order valence-electron chi connectivity index (χ3n) is 2.64. The molecular formula is C11H18INO. The zero-order chi connectivity index (χ0) is 10.4. The summed E-state index contributed by atoms with van der Waals surface area (Å²) < 4.78 is 0.728. The van der Waals surface area contributed by atoms with Gasteiger partial charge in [-0.25, -0.2) is 0 Å². The summed E-state index contributed by atoms with van der Waals surface area (Å²) in [6, 6.07) is 0. The van der Waals surface area contributed by atoms with Crippen molar-refractivity contribution in [1.29, 1.82) is 0 Å². The summed E-state index contributed by atoms with van der Waals surface area (Å²) in [7, 11) is 0. The van der Waals surface area contributed by atoms with E-state index in [0.29, 0.717) is 0 Å². The van der Waals surface area contributed by atoms with Crippen LogP contribution in [-0.4, -0.2) is 27.8 Å². The number of nitrogens with zero attached hydrogens (tertiary/aromatic N) is 1. The van der Waals surface area contributed by atoms with Gasteiger partial charge >= 0.3 is 0 Å². The highest BCUT2D eigenvalue weighted by Crippen LogP contribution is 2.18. The SMILES string of the molecule is C=CC(=O)N1CCCCCC(I)CC1. The van der Waals surface area contributed by atoms with Gasteiger partial charge in [-0.15, -0.1) is 0 Å². The van der Waals surface area contributed by atoms with Gasteiger partial charge < -0.3 is 4.90 Å². The Morgan fingerprint density at radius 1 is 1.29 bits per heavy atom. The summed E-state index contributed by atoms with van der Waals surface area (Å²) in [4.78, 5) is 13.4.